The molecule has 0 bridgehead atoms. The van der Waals surface area contributed by atoms with Crippen LogP contribution < -0.4 is 14.9 Å². The van der Waals surface area contributed by atoms with E-state index in [1.54, 1.807) is 24.4 Å². The van der Waals surface area contributed by atoms with Gasteiger partial charge >= 0.3 is 0 Å². The number of hydrazone groups is 1. The van der Waals surface area contributed by atoms with Gasteiger partial charge in [-0.1, -0.05) is 56.1 Å². The van der Waals surface area contributed by atoms with Gasteiger partial charge in [-0.3, -0.25) is 4.79 Å². The summed E-state index contributed by atoms with van der Waals surface area (Å²) in [5.74, 6) is 0.774. The van der Waals surface area contributed by atoms with Crippen LogP contribution in [0.4, 0.5) is 0 Å². The summed E-state index contributed by atoms with van der Waals surface area (Å²) in [7, 11) is 1.52. The van der Waals surface area contributed by atoms with Crippen LogP contribution in [0.3, 0.4) is 0 Å². The molecule has 0 fully saturated rings. The van der Waals surface area contributed by atoms with Crippen LogP contribution in [0, 0.1) is 0 Å². The molecule has 0 aliphatic rings. The van der Waals surface area contributed by atoms with Crippen LogP contribution in [0.2, 0.25) is 0 Å². The van der Waals surface area contributed by atoms with E-state index in [0.29, 0.717) is 23.7 Å². The Morgan fingerprint density at radius 2 is 1.79 bits per heavy atom. The minimum Gasteiger partial charge on any atom is -0.496 e. The van der Waals surface area contributed by atoms with Crippen LogP contribution in [0.25, 0.3) is 0 Å². The molecule has 0 aliphatic carbocycles. The lowest BCUT2D eigenvalue weighted by Gasteiger charge is -2.10. The van der Waals surface area contributed by atoms with Gasteiger partial charge in [-0.05, 0) is 48.0 Å². The molecule has 0 spiro atoms. The standard InChI is InChI=1S/C22H18Br2N2O3/c1-28-21-10-9-18(24)12-19(21)22(27)26-25-13-16-6-2-3-8-20(16)29-14-15-5-4-7-17(23)11-15/h2-13H,14H2,1H3,(H,26,27)/b25-13-. The van der Waals surface area contributed by atoms with Crippen LogP contribution in [0.5, 0.6) is 11.5 Å². The molecule has 1 amide bonds. The van der Waals surface area contributed by atoms with Crippen molar-refractivity contribution in [1.29, 1.82) is 0 Å². The predicted octanol–water partition coefficient (Wildman–Crippen LogP) is 5.56. The number of ether oxygens (including phenoxy) is 2. The normalized spacial score (nSPS) is 10.7. The van der Waals surface area contributed by atoms with Gasteiger partial charge in [0.15, 0.2) is 0 Å². The monoisotopic (exact) mass is 516 g/mol. The lowest BCUT2D eigenvalue weighted by Crippen LogP contribution is -2.18. The molecule has 29 heavy (non-hydrogen) atoms. The van der Waals surface area contributed by atoms with E-state index in [1.807, 2.05) is 48.5 Å². The van der Waals surface area contributed by atoms with Crippen molar-refractivity contribution < 1.29 is 14.3 Å². The average Bonchev–Trinajstić information content (AvgIpc) is 2.73. The second-order valence-electron chi connectivity index (χ2n) is 6.00. The zero-order valence-electron chi connectivity index (χ0n) is 15.6. The number of benzene rings is 3. The van der Waals surface area contributed by atoms with Crippen molar-refractivity contribution in [2.45, 2.75) is 6.61 Å². The first kappa shape index (κ1) is 21.1. The van der Waals surface area contributed by atoms with Crippen LogP contribution in [0.15, 0.2) is 80.8 Å². The number of methoxy groups -OCH3 is 1. The first-order valence-electron chi connectivity index (χ1n) is 8.70. The number of halogens is 2. The van der Waals surface area contributed by atoms with E-state index in [4.69, 9.17) is 9.47 Å². The minimum absolute atomic E-state index is 0.369. The van der Waals surface area contributed by atoms with Crippen molar-refractivity contribution in [1.82, 2.24) is 5.43 Å². The number of hydrogen-bond donors (Lipinski definition) is 1. The number of amides is 1. The minimum atomic E-state index is -0.369. The summed E-state index contributed by atoms with van der Waals surface area (Å²) in [6, 6.07) is 20.6. The molecule has 0 saturated heterocycles. The van der Waals surface area contributed by atoms with Crippen molar-refractivity contribution in [2.24, 2.45) is 5.10 Å². The molecular formula is C22H18Br2N2O3. The molecule has 0 radical (unpaired) electrons. The number of nitrogens with zero attached hydrogens (tertiary/aromatic N) is 1. The van der Waals surface area contributed by atoms with E-state index in [9.17, 15) is 4.79 Å². The molecule has 3 aromatic carbocycles. The van der Waals surface area contributed by atoms with E-state index in [-0.39, 0.29) is 5.91 Å². The van der Waals surface area contributed by atoms with Gasteiger partial charge in [-0.2, -0.15) is 5.10 Å². The summed E-state index contributed by atoms with van der Waals surface area (Å²) in [6.45, 7) is 0.423. The van der Waals surface area contributed by atoms with Crippen molar-refractivity contribution >= 4 is 44.0 Å². The number of carbonyl (C=O) groups is 1. The van der Waals surface area contributed by atoms with E-state index in [1.165, 1.54) is 7.11 Å². The maximum atomic E-state index is 12.4. The van der Waals surface area contributed by atoms with Crippen LogP contribution in [-0.4, -0.2) is 19.2 Å². The van der Waals surface area contributed by atoms with Gasteiger partial charge in [-0.15, -0.1) is 0 Å². The van der Waals surface area contributed by atoms with E-state index >= 15 is 0 Å². The highest BCUT2D eigenvalue weighted by Gasteiger charge is 2.12. The lowest BCUT2D eigenvalue weighted by molar-refractivity contribution is 0.0952. The Bertz CT molecular complexity index is 1040. The highest BCUT2D eigenvalue weighted by molar-refractivity contribution is 9.10. The molecule has 0 aromatic heterocycles. The largest absolute Gasteiger partial charge is 0.496 e. The van der Waals surface area contributed by atoms with Gasteiger partial charge in [-0.25, -0.2) is 5.43 Å². The SMILES string of the molecule is COc1ccc(Br)cc1C(=O)N/N=C\c1ccccc1OCc1cccc(Br)c1. The third-order valence-electron chi connectivity index (χ3n) is 3.98. The molecular weight excluding hydrogens is 500 g/mol. The maximum absolute atomic E-state index is 12.4. The van der Waals surface area contributed by atoms with Crippen LogP contribution in [-0.2, 0) is 6.61 Å². The Hall–Kier alpha value is -2.64. The third-order valence-corrected chi connectivity index (χ3v) is 4.96. The molecule has 0 atom stereocenters. The highest BCUT2D eigenvalue weighted by atomic mass is 79.9. The summed E-state index contributed by atoms with van der Waals surface area (Å²) in [6.07, 6.45) is 1.55. The molecule has 0 heterocycles. The summed E-state index contributed by atoms with van der Waals surface area (Å²) >= 11 is 6.81. The zero-order chi connectivity index (χ0) is 20.6. The van der Waals surface area contributed by atoms with Crippen molar-refractivity contribution in [2.75, 3.05) is 7.11 Å². The molecule has 0 saturated carbocycles. The molecule has 3 rings (SSSR count). The first-order valence-corrected chi connectivity index (χ1v) is 10.3. The van der Waals surface area contributed by atoms with E-state index < -0.39 is 0 Å². The van der Waals surface area contributed by atoms with Gasteiger partial charge in [0.1, 0.15) is 18.1 Å². The fourth-order valence-corrected chi connectivity index (χ4v) is 3.39. The number of hydrogen-bond acceptors (Lipinski definition) is 4. The lowest BCUT2D eigenvalue weighted by atomic mass is 10.2. The number of para-hydroxylation sites is 1. The Kier molecular flexibility index (Phi) is 7.43. The summed E-state index contributed by atoms with van der Waals surface area (Å²) in [5.41, 5.74) is 4.71. The van der Waals surface area contributed by atoms with Crippen molar-refractivity contribution in [3.05, 3.63) is 92.4 Å². The molecule has 5 nitrogen and oxygen atoms in total. The predicted molar refractivity (Wildman–Crippen MR) is 121 cm³/mol. The summed E-state index contributed by atoms with van der Waals surface area (Å²) in [5, 5.41) is 4.07. The highest BCUT2D eigenvalue weighted by Crippen LogP contribution is 2.23. The van der Waals surface area contributed by atoms with Gasteiger partial charge in [0, 0.05) is 14.5 Å². The second-order valence-corrected chi connectivity index (χ2v) is 7.83. The van der Waals surface area contributed by atoms with Crippen molar-refractivity contribution in [3.8, 4) is 11.5 Å². The van der Waals surface area contributed by atoms with Crippen LogP contribution in [0.1, 0.15) is 21.5 Å². The first-order chi connectivity index (χ1) is 14.1. The van der Waals surface area contributed by atoms with Gasteiger partial charge in [0.05, 0.1) is 18.9 Å². The second kappa shape index (κ2) is 10.2. The summed E-state index contributed by atoms with van der Waals surface area (Å²) in [4.78, 5) is 12.4. The molecule has 1 N–H and O–H groups in total. The smallest absolute Gasteiger partial charge is 0.275 e. The Balaban J connectivity index is 1.68. The number of rotatable bonds is 7. The van der Waals surface area contributed by atoms with Gasteiger partial charge in [0.2, 0.25) is 0 Å². The Labute approximate surface area is 186 Å². The number of carbonyl (C=O) groups excluding carboxylic acids is 1. The zero-order valence-corrected chi connectivity index (χ0v) is 18.7. The fourth-order valence-electron chi connectivity index (χ4n) is 2.58. The van der Waals surface area contributed by atoms with Gasteiger partial charge < -0.3 is 9.47 Å². The Morgan fingerprint density at radius 3 is 2.59 bits per heavy atom. The van der Waals surface area contributed by atoms with E-state index in [0.717, 1.165) is 20.1 Å². The summed E-state index contributed by atoms with van der Waals surface area (Å²) < 4.78 is 12.9. The molecule has 0 unspecified atom stereocenters. The van der Waals surface area contributed by atoms with Gasteiger partial charge in [0.25, 0.3) is 5.91 Å². The van der Waals surface area contributed by atoms with Crippen LogP contribution >= 0.6 is 31.9 Å². The Morgan fingerprint density at radius 1 is 1.00 bits per heavy atom. The topological polar surface area (TPSA) is 59.9 Å². The van der Waals surface area contributed by atoms with E-state index in [2.05, 4.69) is 42.4 Å². The molecule has 148 valence electrons. The number of nitrogens with one attached hydrogen (secondary N) is 1. The fraction of sp³-hybridized carbons (Fsp3) is 0.0909. The third kappa shape index (κ3) is 5.92. The molecule has 3 aromatic rings. The molecule has 7 heteroatoms. The molecule has 0 aliphatic heterocycles. The maximum Gasteiger partial charge on any atom is 0.275 e. The quantitative estimate of drug-likeness (QED) is 0.329. The van der Waals surface area contributed by atoms with Crippen molar-refractivity contribution in [3.63, 3.8) is 0 Å². The average molecular weight is 518 g/mol.